The number of ether oxygens (including phenoxy) is 1. The molecule has 6 heteroatoms. The maximum atomic E-state index is 8.26. The van der Waals surface area contributed by atoms with Crippen LogP contribution in [0.1, 0.15) is 11.7 Å². The number of benzene rings is 3. The van der Waals surface area contributed by atoms with E-state index in [1.807, 2.05) is 91.0 Å². The Kier molecular flexibility index (Phi) is 5.11. The van der Waals surface area contributed by atoms with E-state index in [4.69, 9.17) is 10.1 Å². The molecule has 138 valence electrons. The molecule has 0 bridgehead atoms. The van der Waals surface area contributed by atoms with E-state index in [0.29, 0.717) is 11.4 Å². The highest BCUT2D eigenvalue weighted by Crippen LogP contribution is 2.27. The standard InChI is InChI=1S/C22H19N5O/c23-22-20(27-25-18-14-8-3-9-15-18)19(26-24-17-12-6-2-7-13-17)21(28-22)16-10-4-1-5-11-16/h1-15,21,23-25H/b23-22?,26-19-,27-20-. The van der Waals surface area contributed by atoms with Gasteiger partial charge in [-0.3, -0.25) is 16.3 Å². The van der Waals surface area contributed by atoms with Crippen LogP contribution >= 0.6 is 0 Å². The molecule has 3 aromatic carbocycles. The smallest absolute Gasteiger partial charge is 0.237 e. The summed E-state index contributed by atoms with van der Waals surface area (Å²) in [4.78, 5) is 0. The van der Waals surface area contributed by atoms with E-state index >= 15 is 0 Å². The molecule has 4 rings (SSSR count). The van der Waals surface area contributed by atoms with E-state index in [1.54, 1.807) is 0 Å². The summed E-state index contributed by atoms with van der Waals surface area (Å²) in [6.07, 6.45) is -0.499. The molecular formula is C22H19N5O. The third-order valence-electron chi connectivity index (χ3n) is 4.19. The molecule has 0 saturated carbocycles. The van der Waals surface area contributed by atoms with Gasteiger partial charge in [0.25, 0.3) is 0 Å². The fourth-order valence-electron chi connectivity index (χ4n) is 2.81. The van der Waals surface area contributed by atoms with Crippen LogP contribution in [-0.2, 0) is 4.74 Å². The van der Waals surface area contributed by atoms with Crippen molar-refractivity contribution in [2.75, 3.05) is 10.9 Å². The van der Waals surface area contributed by atoms with E-state index < -0.39 is 6.10 Å². The molecule has 0 spiro atoms. The zero-order chi connectivity index (χ0) is 19.2. The summed E-state index contributed by atoms with van der Waals surface area (Å²) in [6, 6.07) is 28.9. The van der Waals surface area contributed by atoms with Crippen LogP contribution in [0.15, 0.2) is 101 Å². The molecular weight excluding hydrogens is 350 g/mol. The van der Waals surface area contributed by atoms with Crippen molar-refractivity contribution in [1.82, 2.24) is 0 Å². The van der Waals surface area contributed by atoms with Crippen molar-refractivity contribution in [3.05, 3.63) is 96.6 Å². The third-order valence-corrected chi connectivity index (χ3v) is 4.19. The number of para-hydroxylation sites is 2. The molecule has 0 amide bonds. The molecule has 3 N–H and O–H groups in total. The molecule has 0 radical (unpaired) electrons. The monoisotopic (exact) mass is 369 g/mol. The highest BCUT2D eigenvalue weighted by Gasteiger charge is 2.37. The number of nitrogens with one attached hydrogen (secondary N) is 3. The van der Waals surface area contributed by atoms with Crippen molar-refractivity contribution in [3.8, 4) is 0 Å². The molecule has 6 nitrogen and oxygen atoms in total. The Hall–Kier alpha value is -3.93. The van der Waals surface area contributed by atoms with E-state index in [0.717, 1.165) is 16.9 Å². The van der Waals surface area contributed by atoms with Gasteiger partial charge in [-0.1, -0.05) is 66.7 Å². The maximum absolute atomic E-state index is 8.26. The summed E-state index contributed by atoms with van der Waals surface area (Å²) in [6.45, 7) is 0. The first-order valence-corrected chi connectivity index (χ1v) is 8.89. The topological polar surface area (TPSA) is 81.9 Å². The van der Waals surface area contributed by atoms with Crippen LogP contribution < -0.4 is 10.9 Å². The lowest BCUT2D eigenvalue weighted by molar-refractivity contribution is 0.275. The van der Waals surface area contributed by atoms with Crippen LogP contribution in [0, 0.1) is 5.41 Å². The Morgan fingerprint density at radius 3 is 1.75 bits per heavy atom. The van der Waals surface area contributed by atoms with Gasteiger partial charge in [0.15, 0.2) is 11.8 Å². The van der Waals surface area contributed by atoms with E-state index in [9.17, 15) is 0 Å². The minimum Gasteiger partial charge on any atom is -0.461 e. The molecule has 1 aliphatic rings. The summed E-state index contributed by atoms with van der Waals surface area (Å²) < 4.78 is 5.79. The summed E-state index contributed by atoms with van der Waals surface area (Å²) in [5.74, 6) is -0.0223. The maximum Gasteiger partial charge on any atom is 0.237 e. The average molecular weight is 369 g/mol. The predicted octanol–water partition coefficient (Wildman–Crippen LogP) is 4.67. The Bertz CT molecular complexity index is 1000. The van der Waals surface area contributed by atoms with E-state index in [-0.39, 0.29) is 5.90 Å². The number of hydrogen-bond acceptors (Lipinski definition) is 6. The van der Waals surface area contributed by atoms with Crippen LogP contribution in [0.25, 0.3) is 0 Å². The van der Waals surface area contributed by atoms with Crippen LogP contribution in [-0.4, -0.2) is 17.3 Å². The predicted molar refractivity (Wildman–Crippen MR) is 113 cm³/mol. The average Bonchev–Trinajstić information content (AvgIpc) is 3.08. The molecule has 0 aliphatic carbocycles. The molecule has 1 unspecified atom stereocenters. The number of hydrazone groups is 2. The van der Waals surface area contributed by atoms with Crippen molar-refractivity contribution in [3.63, 3.8) is 0 Å². The quantitative estimate of drug-likeness (QED) is 0.572. The van der Waals surface area contributed by atoms with Gasteiger partial charge in [-0.05, 0) is 29.8 Å². The SMILES string of the molecule is N=C1OC(c2ccccc2)C(=N\Nc2ccccc2)/C1=N/Nc1ccccc1. The van der Waals surface area contributed by atoms with Gasteiger partial charge in [0.1, 0.15) is 5.71 Å². The van der Waals surface area contributed by atoms with Gasteiger partial charge in [-0.2, -0.15) is 10.2 Å². The number of nitrogens with zero attached hydrogens (tertiary/aromatic N) is 2. The van der Waals surface area contributed by atoms with E-state index in [2.05, 4.69) is 21.1 Å². The lowest BCUT2D eigenvalue weighted by atomic mass is 10.0. The Labute approximate surface area is 163 Å². The van der Waals surface area contributed by atoms with Crippen molar-refractivity contribution >= 4 is 28.7 Å². The van der Waals surface area contributed by atoms with Crippen LogP contribution in [0.5, 0.6) is 0 Å². The summed E-state index contributed by atoms with van der Waals surface area (Å²) >= 11 is 0. The van der Waals surface area contributed by atoms with Crippen LogP contribution in [0.3, 0.4) is 0 Å². The molecule has 1 saturated heterocycles. The lowest BCUT2D eigenvalue weighted by Crippen LogP contribution is -2.19. The zero-order valence-corrected chi connectivity index (χ0v) is 15.0. The molecule has 1 heterocycles. The third kappa shape index (κ3) is 3.91. The first-order chi connectivity index (χ1) is 13.8. The van der Waals surface area contributed by atoms with Gasteiger partial charge >= 0.3 is 0 Å². The van der Waals surface area contributed by atoms with Gasteiger partial charge in [0.05, 0.1) is 11.4 Å². The number of anilines is 2. The highest BCUT2D eigenvalue weighted by atomic mass is 16.5. The van der Waals surface area contributed by atoms with Crippen LogP contribution in [0.2, 0.25) is 0 Å². The Morgan fingerprint density at radius 1 is 0.679 bits per heavy atom. The molecule has 28 heavy (non-hydrogen) atoms. The van der Waals surface area contributed by atoms with Gasteiger partial charge < -0.3 is 4.74 Å². The zero-order valence-electron chi connectivity index (χ0n) is 15.0. The second-order valence-corrected chi connectivity index (χ2v) is 6.15. The molecule has 1 fully saturated rings. The summed E-state index contributed by atoms with van der Waals surface area (Å²) in [5.41, 5.74) is 9.49. The molecule has 3 aromatic rings. The fourth-order valence-corrected chi connectivity index (χ4v) is 2.81. The fraction of sp³-hybridized carbons (Fsp3) is 0.0455. The Morgan fingerprint density at radius 2 is 1.18 bits per heavy atom. The Balaban J connectivity index is 1.67. The van der Waals surface area contributed by atoms with Crippen LogP contribution in [0.4, 0.5) is 11.4 Å². The lowest BCUT2D eigenvalue weighted by Gasteiger charge is -2.10. The van der Waals surface area contributed by atoms with Gasteiger partial charge in [0, 0.05) is 0 Å². The summed E-state index contributed by atoms with van der Waals surface area (Å²) in [7, 11) is 0. The number of rotatable bonds is 5. The van der Waals surface area contributed by atoms with Crippen molar-refractivity contribution in [1.29, 1.82) is 5.41 Å². The first-order valence-electron chi connectivity index (χ1n) is 8.89. The normalized spacial score (nSPS) is 18.9. The van der Waals surface area contributed by atoms with Crippen molar-refractivity contribution < 1.29 is 4.74 Å². The summed E-state index contributed by atoms with van der Waals surface area (Å²) in [5, 5.41) is 17.2. The van der Waals surface area contributed by atoms with Gasteiger partial charge in [0.2, 0.25) is 5.90 Å². The minimum absolute atomic E-state index is 0.0223. The second-order valence-electron chi connectivity index (χ2n) is 6.15. The molecule has 1 atom stereocenters. The van der Waals surface area contributed by atoms with E-state index in [1.165, 1.54) is 0 Å². The minimum atomic E-state index is -0.499. The van der Waals surface area contributed by atoms with Crippen molar-refractivity contribution in [2.24, 2.45) is 10.2 Å². The molecule has 1 aliphatic heterocycles. The van der Waals surface area contributed by atoms with Gasteiger partial charge in [-0.15, -0.1) is 0 Å². The number of hydrogen-bond donors (Lipinski definition) is 3. The largest absolute Gasteiger partial charge is 0.461 e. The molecule has 0 aromatic heterocycles. The van der Waals surface area contributed by atoms with Crippen molar-refractivity contribution in [2.45, 2.75) is 6.10 Å². The first kappa shape index (κ1) is 17.5. The second kappa shape index (κ2) is 8.18. The highest BCUT2D eigenvalue weighted by molar-refractivity contribution is 6.69. The van der Waals surface area contributed by atoms with Gasteiger partial charge in [-0.25, -0.2) is 0 Å².